The highest BCUT2D eigenvalue weighted by molar-refractivity contribution is 7.89. The molecule has 0 aliphatic heterocycles. The Kier molecular flexibility index (Phi) is 6.39. The van der Waals surface area contributed by atoms with Crippen LogP contribution in [0.3, 0.4) is 0 Å². The number of nitrogens with zero attached hydrogens (tertiary/aromatic N) is 2. The van der Waals surface area contributed by atoms with Gasteiger partial charge in [-0.25, -0.2) is 12.7 Å². The third-order valence-electron chi connectivity index (χ3n) is 4.05. The fourth-order valence-electron chi connectivity index (χ4n) is 2.37. The van der Waals surface area contributed by atoms with Crippen LogP contribution >= 0.6 is 0 Å². The summed E-state index contributed by atoms with van der Waals surface area (Å²) in [5, 5.41) is 2.86. The lowest BCUT2D eigenvalue weighted by molar-refractivity contribution is 0.0954. The molecule has 0 aliphatic carbocycles. The van der Waals surface area contributed by atoms with Gasteiger partial charge in [-0.2, -0.15) is 0 Å². The molecule has 26 heavy (non-hydrogen) atoms. The zero-order chi connectivity index (χ0) is 19.3. The van der Waals surface area contributed by atoms with Crippen molar-refractivity contribution >= 4 is 21.6 Å². The summed E-state index contributed by atoms with van der Waals surface area (Å²) in [7, 11) is 3.44. The van der Waals surface area contributed by atoms with Gasteiger partial charge in [0, 0.05) is 46.0 Å². The van der Waals surface area contributed by atoms with Crippen molar-refractivity contribution in [2.75, 3.05) is 39.6 Å². The zero-order valence-electron chi connectivity index (χ0n) is 15.6. The molecule has 1 N–H and O–H groups in total. The van der Waals surface area contributed by atoms with E-state index in [9.17, 15) is 13.2 Å². The van der Waals surface area contributed by atoms with Crippen LogP contribution in [0.15, 0.2) is 53.4 Å². The van der Waals surface area contributed by atoms with Gasteiger partial charge >= 0.3 is 0 Å². The summed E-state index contributed by atoms with van der Waals surface area (Å²) >= 11 is 0. The number of hydrogen-bond acceptors (Lipinski definition) is 4. The van der Waals surface area contributed by atoms with Gasteiger partial charge in [-0.05, 0) is 48.4 Å². The number of nitrogens with one attached hydrogen (secondary N) is 1. The Morgan fingerprint density at radius 2 is 1.50 bits per heavy atom. The molecule has 0 atom stereocenters. The molecule has 0 aliphatic rings. The predicted octanol–water partition coefficient (Wildman–Crippen LogP) is 1.98. The molecule has 1 amide bonds. The summed E-state index contributed by atoms with van der Waals surface area (Å²) in [5.41, 5.74) is 2.71. The molecule has 0 saturated heterocycles. The number of amides is 1. The Balaban J connectivity index is 1.92. The minimum atomic E-state index is -3.48. The number of benzene rings is 2. The van der Waals surface area contributed by atoms with E-state index in [0.717, 1.165) is 22.0 Å². The molecule has 0 heterocycles. The molecule has 0 saturated carbocycles. The van der Waals surface area contributed by atoms with E-state index in [0.29, 0.717) is 12.1 Å². The Labute approximate surface area is 155 Å². The van der Waals surface area contributed by atoms with Gasteiger partial charge in [0.05, 0.1) is 4.90 Å². The van der Waals surface area contributed by atoms with Crippen molar-refractivity contribution in [3.8, 4) is 0 Å². The standard InChI is InChI=1S/C19H25N3O3S/c1-21(2)17-9-5-15(6-10-17)13-14-20-19(23)16-7-11-18(12-8-16)26(24,25)22(3)4/h5-12H,13-14H2,1-4H3,(H,20,23). The van der Waals surface area contributed by atoms with Crippen molar-refractivity contribution in [1.82, 2.24) is 9.62 Å². The molecule has 140 valence electrons. The molecular formula is C19H25N3O3S. The largest absolute Gasteiger partial charge is 0.378 e. The summed E-state index contributed by atoms with van der Waals surface area (Å²) in [4.78, 5) is 14.4. The number of rotatable bonds is 7. The van der Waals surface area contributed by atoms with E-state index in [-0.39, 0.29) is 10.8 Å². The molecule has 0 spiro atoms. The van der Waals surface area contributed by atoms with Crippen molar-refractivity contribution in [2.24, 2.45) is 0 Å². The van der Waals surface area contributed by atoms with Gasteiger partial charge in [0.25, 0.3) is 5.91 Å². The lowest BCUT2D eigenvalue weighted by Gasteiger charge is -2.13. The Bertz CT molecular complexity index is 843. The Hall–Kier alpha value is -2.38. The monoisotopic (exact) mass is 375 g/mol. The van der Waals surface area contributed by atoms with E-state index < -0.39 is 10.0 Å². The fraction of sp³-hybridized carbons (Fsp3) is 0.316. The first-order valence-corrected chi connectivity index (χ1v) is 9.73. The highest BCUT2D eigenvalue weighted by Gasteiger charge is 2.17. The number of sulfonamides is 1. The topological polar surface area (TPSA) is 69.7 Å². The Morgan fingerprint density at radius 3 is 2.00 bits per heavy atom. The van der Waals surface area contributed by atoms with Gasteiger partial charge in [0.15, 0.2) is 0 Å². The van der Waals surface area contributed by atoms with Crippen LogP contribution in [0.4, 0.5) is 5.69 Å². The maximum Gasteiger partial charge on any atom is 0.251 e. The zero-order valence-corrected chi connectivity index (χ0v) is 16.4. The molecule has 0 bridgehead atoms. The molecule has 2 aromatic carbocycles. The van der Waals surface area contributed by atoms with Crippen molar-refractivity contribution in [3.05, 3.63) is 59.7 Å². The van der Waals surface area contributed by atoms with E-state index in [1.807, 2.05) is 43.3 Å². The van der Waals surface area contributed by atoms with Crippen LogP contribution in [0.1, 0.15) is 15.9 Å². The van der Waals surface area contributed by atoms with Crippen molar-refractivity contribution in [2.45, 2.75) is 11.3 Å². The van der Waals surface area contributed by atoms with Crippen LogP contribution in [0.2, 0.25) is 0 Å². The molecule has 0 fully saturated rings. The third-order valence-corrected chi connectivity index (χ3v) is 5.88. The smallest absolute Gasteiger partial charge is 0.251 e. The van der Waals surface area contributed by atoms with Gasteiger partial charge < -0.3 is 10.2 Å². The van der Waals surface area contributed by atoms with Crippen LogP contribution in [-0.2, 0) is 16.4 Å². The van der Waals surface area contributed by atoms with Crippen LogP contribution in [-0.4, -0.2) is 53.4 Å². The maximum absolute atomic E-state index is 12.2. The predicted molar refractivity (Wildman–Crippen MR) is 104 cm³/mol. The van der Waals surface area contributed by atoms with Crippen LogP contribution in [0.5, 0.6) is 0 Å². The van der Waals surface area contributed by atoms with E-state index in [1.54, 1.807) is 0 Å². The summed E-state index contributed by atoms with van der Waals surface area (Å²) in [5.74, 6) is -0.219. The SMILES string of the molecule is CN(C)c1ccc(CCNC(=O)c2ccc(S(=O)(=O)N(C)C)cc2)cc1. The first-order chi connectivity index (χ1) is 12.2. The van der Waals surface area contributed by atoms with E-state index in [1.165, 1.54) is 38.4 Å². The lowest BCUT2D eigenvalue weighted by atomic mass is 10.1. The van der Waals surface area contributed by atoms with Gasteiger partial charge in [-0.15, -0.1) is 0 Å². The highest BCUT2D eigenvalue weighted by Crippen LogP contribution is 2.14. The summed E-state index contributed by atoms with van der Waals surface area (Å²) in [6, 6.07) is 14.1. The molecule has 2 rings (SSSR count). The highest BCUT2D eigenvalue weighted by atomic mass is 32.2. The minimum Gasteiger partial charge on any atom is -0.378 e. The molecule has 0 radical (unpaired) electrons. The van der Waals surface area contributed by atoms with Crippen LogP contribution < -0.4 is 10.2 Å². The van der Waals surface area contributed by atoms with E-state index in [4.69, 9.17) is 0 Å². The number of carbonyl (C=O) groups excluding carboxylic acids is 1. The molecule has 7 heteroatoms. The second-order valence-corrected chi connectivity index (χ2v) is 8.53. The van der Waals surface area contributed by atoms with Crippen LogP contribution in [0.25, 0.3) is 0 Å². The van der Waals surface area contributed by atoms with Crippen LogP contribution in [0, 0.1) is 0 Å². The third kappa shape index (κ3) is 4.83. The van der Waals surface area contributed by atoms with Gasteiger partial charge in [-0.1, -0.05) is 12.1 Å². The average molecular weight is 375 g/mol. The second-order valence-electron chi connectivity index (χ2n) is 6.38. The Morgan fingerprint density at radius 1 is 0.923 bits per heavy atom. The van der Waals surface area contributed by atoms with Gasteiger partial charge in [-0.3, -0.25) is 4.79 Å². The summed E-state index contributed by atoms with van der Waals surface area (Å²) in [6.45, 7) is 0.512. The molecule has 6 nitrogen and oxygen atoms in total. The normalized spacial score (nSPS) is 11.4. The van der Waals surface area contributed by atoms with E-state index in [2.05, 4.69) is 5.32 Å². The average Bonchev–Trinajstić information content (AvgIpc) is 2.62. The van der Waals surface area contributed by atoms with Crippen molar-refractivity contribution in [1.29, 1.82) is 0 Å². The minimum absolute atomic E-state index is 0.167. The lowest BCUT2D eigenvalue weighted by Crippen LogP contribution is -2.26. The van der Waals surface area contributed by atoms with Crippen molar-refractivity contribution < 1.29 is 13.2 Å². The fourth-order valence-corrected chi connectivity index (χ4v) is 3.27. The number of hydrogen-bond donors (Lipinski definition) is 1. The number of carbonyl (C=O) groups is 1. The van der Waals surface area contributed by atoms with Crippen molar-refractivity contribution in [3.63, 3.8) is 0 Å². The molecule has 0 unspecified atom stereocenters. The second kappa shape index (κ2) is 8.33. The first-order valence-electron chi connectivity index (χ1n) is 8.29. The van der Waals surface area contributed by atoms with Gasteiger partial charge in [0.2, 0.25) is 10.0 Å². The number of anilines is 1. The quantitative estimate of drug-likeness (QED) is 0.803. The van der Waals surface area contributed by atoms with Gasteiger partial charge in [0.1, 0.15) is 0 Å². The van der Waals surface area contributed by atoms with E-state index >= 15 is 0 Å². The molecular weight excluding hydrogens is 350 g/mol. The summed E-state index contributed by atoms with van der Waals surface area (Å²) < 4.78 is 25.2. The molecule has 0 aromatic heterocycles. The summed E-state index contributed by atoms with van der Waals surface area (Å²) in [6.07, 6.45) is 0.729. The molecule has 2 aromatic rings. The first kappa shape index (κ1) is 19.9. The maximum atomic E-state index is 12.2.